The maximum absolute atomic E-state index is 6.10. The van der Waals surface area contributed by atoms with Gasteiger partial charge in [0.2, 0.25) is 0 Å². The topological polar surface area (TPSA) is 42.1 Å². The summed E-state index contributed by atoms with van der Waals surface area (Å²) in [6, 6.07) is 8.20. The number of benzene rings is 1. The molecule has 1 fully saturated rings. The van der Waals surface area contributed by atoms with Crippen molar-refractivity contribution in [1.82, 2.24) is 4.98 Å². The van der Waals surface area contributed by atoms with Crippen LogP contribution >= 0.6 is 0 Å². The zero-order chi connectivity index (χ0) is 13.4. The van der Waals surface area contributed by atoms with E-state index in [1.165, 1.54) is 18.2 Å². The Morgan fingerprint density at radius 2 is 1.95 bits per heavy atom. The lowest BCUT2D eigenvalue weighted by atomic mass is 9.98. The molecule has 2 heterocycles. The van der Waals surface area contributed by atoms with Gasteiger partial charge < -0.3 is 10.6 Å². The van der Waals surface area contributed by atoms with Crippen LogP contribution in [0.3, 0.4) is 0 Å². The van der Waals surface area contributed by atoms with Gasteiger partial charge in [0.05, 0.1) is 0 Å². The zero-order valence-corrected chi connectivity index (χ0v) is 11.7. The van der Waals surface area contributed by atoms with E-state index in [4.69, 9.17) is 10.7 Å². The number of pyridine rings is 1. The predicted octanol–water partition coefficient (Wildman–Crippen LogP) is 3.36. The molecule has 1 aromatic heterocycles. The highest BCUT2D eigenvalue weighted by atomic mass is 15.2. The Bertz CT molecular complexity index is 598. The van der Waals surface area contributed by atoms with Crippen LogP contribution in [-0.2, 0) is 0 Å². The second kappa shape index (κ2) is 4.72. The standard InChI is InChI=1S/C16H21N3/c1-11-6-8-19(9-7-11)16-13-4-3-5-15(17)14(13)10-12(2)18-16/h3-5,10-11H,6-9,17H2,1-2H3. The highest BCUT2D eigenvalue weighted by molar-refractivity contribution is 5.99. The van der Waals surface area contributed by atoms with Crippen molar-refractivity contribution in [3.63, 3.8) is 0 Å². The molecule has 3 heteroatoms. The number of aromatic nitrogens is 1. The summed E-state index contributed by atoms with van der Waals surface area (Å²) in [6.45, 7) is 6.57. The van der Waals surface area contributed by atoms with Crippen LogP contribution in [0.1, 0.15) is 25.5 Å². The molecule has 1 saturated heterocycles. The summed E-state index contributed by atoms with van der Waals surface area (Å²) in [5, 5.41) is 2.31. The summed E-state index contributed by atoms with van der Waals surface area (Å²) < 4.78 is 0. The van der Waals surface area contributed by atoms with Gasteiger partial charge in [-0.1, -0.05) is 19.1 Å². The lowest BCUT2D eigenvalue weighted by Gasteiger charge is -2.32. The van der Waals surface area contributed by atoms with Crippen LogP contribution < -0.4 is 10.6 Å². The third kappa shape index (κ3) is 2.25. The molecule has 0 aliphatic carbocycles. The molecule has 19 heavy (non-hydrogen) atoms. The number of nitrogens with zero attached hydrogens (tertiary/aromatic N) is 2. The fraction of sp³-hybridized carbons (Fsp3) is 0.438. The van der Waals surface area contributed by atoms with Crippen molar-refractivity contribution in [2.45, 2.75) is 26.7 Å². The van der Waals surface area contributed by atoms with Crippen LogP contribution in [0.15, 0.2) is 24.3 Å². The zero-order valence-electron chi connectivity index (χ0n) is 11.7. The van der Waals surface area contributed by atoms with Gasteiger partial charge in [0.1, 0.15) is 5.82 Å². The van der Waals surface area contributed by atoms with Crippen molar-refractivity contribution in [2.24, 2.45) is 5.92 Å². The predicted molar refractivity (Wildman–Crippen MR) is 81.5 cm³/mol. The Morgan fingerprint density at radius 3 is 2.68 bits per heavy atom. The number of anilines is 2. The Balaban J connectivity index is 2.10. The molecule has 0 radical (unpaired) electrons. The average Bonchev–Trinajstić information content (AvgIpc) is 2.40. The van der Waals surface area contributed by atoms with Crippen molar-refractivity contribution in [3.8, 4) is 0 Å². The van der Waals surface area contributed by atoms with E-state index in [0.29, 0.717) is 0 Å². The van der Waals surface area contributed by atoms with Crippen LogP contribution in [0.25, 0.3) is 10.8 Å². The molecule has 0 bridgehead atoms. The molecule has 0 amide bonds. The number of rotatable bonds is 1. The summed E-state index contributed by atoms with van der Waals surface area (Å²) in [7, 11) is 0. The third-order valence-corrected chi connectivity index (χ3v) is 4.10. The number of nitrogen functional groups attached to an aromatic ring is 1. The Labute approximate surface area is 114 Å². The Kier molecular flexibility index (Phi) is 3.05. The molecule has 0 atom stereocenters. The molecule has 100 valence electrons. The molecule has 2 N–H and O–H groups in total. The highest BCUT2D eigenvalue weighted by Crippen LogP contribution is 2.31. The average molecular weight is 255 g/mol. The van der Waals surface area contributed by atoms with E-state index in [1.54, 1.807) is 0 Å². The van der Waals surface area contributed by atoms with Crippen molar-refractivity contribution in [3.05, 3.63) is 30.0 Å². The molecule has 3 rings (SSSR count). The smallest absolute Gasteiger partial charge is 0.136 e. The van der Waals surface area contributed by atoms with Crippen LogP contribution in [0.5, 0.6) is 0 Å². The SMILES string of the molecule is Cc1cc2c(N)cccc2c(N2CCC(C)CC2)n1. The van der Waals surface area contributed by atoms with Crippen LogP contribution in [-0.4, -0.2) is 18.1 Å². The van der Waals surface area contributed by atoms with E-state index in [2.05, 4.69) is 24.0 Å². The minimum absolute atomic E-state index is 0.831. The quantitative estimate of drug-likeness (QED) is 0.794. The van der Waals surface area contributed by atoms with Gasteiger partial charge in [0.15, 0.2) is 0 Å². The van der Waals surface area contributed by atoms with Crippen molar-refractivity contribution >= 4 is 22.3 Å². The molecular formula is C16H21N3. The summed E-state index contributed by atoms with van der Waals surface area (Å²) in [4.78, 5) is 7.17. The van der Waals surface area contributed by atoms with Gasteiger partial charge in [-0.25, -0.2) is 4.98 Å². The van der Waals surface area contributed by atoms with Crippen LogP contribution in [0.4, 0.5) is 11.5 Å². The molecule has 1 aromatic carbocycles. The lowest BCUT2D eigenvalue weighted by Crippen LogP contribution is -2.33. The van der Waals surface area contributed by atoms with Gasteiger partial charge in [0, 0.05) is 35.2 Å². The van der Waals surface area contributed by atoms with E-state index < -0.39 is 0 Å². The summed E-state index contributed by atoms with van der Waals surface area (Å²) in [5.74, 6) is 1.94. The first-order valence-electron chi connectivity index (χ1n) is 7.06. The summed E-state index contributed by atoms with van der Waals surface area (Å²) >= 11 is 0. The van der Waals surface area contributed by atoms with Crippen molar-refractivity contribution < 1.29 is 0 Å². The number of aryl methyl sites for hydroxylation is 1. The van der Waals surface area contributed by atoms with Gasteiger partial charge in [0.25, 0.3) is 0 Å². The number of hydrogen-bond acceptors (Lipinski definition) is 3. The highest BCUT2D eigenvalue weighted by Gasteiger charge is 2.19. The summed E-state index contributed by atoms with van der Waals surface area (Å²) in [5.41, 5.74) is 7.98. The first kappa shape index (κ1) is 12.3. The Hall–Kier alpha value is -1.77. The minimum Gasteiger partial charge on any atom is -0.398 e. The van der Waals surface area contributed by atoms with Crippen LogP contribution in [0.2, 0.25) is 0 Å². The van der Waals surface area contributed by atoms with Gasteiger partial charge in [-0.05, 0) is 37.8 Å². The lowest BCUT2D eigenvalue weighted by molar-refractivity contribution is 0.437. The van der Waals surface area contributed by atoms with E-state index in [9.17, 15) is 0 Å². The van der Waals surface area contributed by atoms with Gasteiger partial charge >= 0.3 is 0 Å². The number of fused-ring (bicyclic) bond motifs is 1. The second-order valence-corrected chi connectivity index (χ2v) is 5.70. The molecule has 3 nitrogen and oxygen atoms in total. The number of nitrogens with two attached hydrogens (primary N) is 1. The first-order chi connectivity index (χ1) is 9.15. The molecule has 1 aliphatic heterocycles. The largest absolute Gasteiger partial charge is 0.398 e. The fourth-order valence-corrected chi connectivity index (χ4v) is 2.87. The van der Waals surface area contributed by atoms with E-state index in [0.717, 1.165) is 41.6 Å². The van der Waals surface area contributed by atoms with Gasteiger partial charge in [-0.15, -0.1) is 0 Å². The first-order valence-corrected chi connectivity index (χ1v) is 7.06. The maximum Gasteiger partial charge on any atom is 0.136 e. The maximum atomic E-state index is 6.10. The normalized spacial score (nSPS) is 17.1. The Morgan fingerprint density at radius 1 is 1.21 bits per heavy atom. The van der Waals surface area contributed by atoms with Crippen molar-refractivity contribution in [2.75, 3.05) is 23.7 Å². The summed E-state index contributed by atoms with van der Waals surface area (Å²) in [6.07, 6.45) is 2.50. The number of piperidine rings is 1. The molecule has 0 saturated carbocycles. The molecule has 1 aliphatic rings. The van der Waals surface area contributed by atoms with Gasteiger partial charge in [-0.2, -0.15) is 0 Å². The van der Waals surface area contributed by atoms with E-state index in [-0.39, 0.29) is 0 Å². The fourth-order valence-electron chi connectivity index (χ4n) is 2.87. The third-order valence-electron chi connectivity index (χ3n) is 4.10. The second-order valence-electron chi connectivity index (χ2n) is 5.70. The molecule has 2 aromatic rings. The molecular weight excluding hydrogens is 234 g/mol. The molecule has 0 unspecified atom stereocenters. The minimum atomic E-state index is 0.831. The monoisotopic (exact) mass is 255 g/mol. The van der Waals surface area contributed by atoms with E-state index >= 15 is 0 Å². The van der Waals surface area contributed by atoms with Crippen LogP contribution in [0, 0.1) is 12.8 Å². The van der Waals surface area contributed by atoms with E-state index in [1.807, 2.05) is 19.1 Å². The van der Waals surface area contributed by atoms with Crippen molar-refractivity contribution in [1.29, 1.82) is 0 Å². The number of hydrogen-bond donors (Lipinski definition) is 1. The molecule has 0 spiro atoms. The van der Waals surface area contributed by atoms with Gasteiger partial charge in [-0.3, -0.25) is 0 Å².